The molecular formula is C22H21N5O7. The molecule has 12 nitrogen and oxygen atoms in total. The van der Waals surface area contributed by atoms with E-state index >= 15 is 0 Å². The Kier molecular flexibility index (Phi) is 6.87. The molecule has 0 aliphatic carbocycles. The summed E-state index contributed by atoms with van der Waals surface area (Å²) in [5.74, 6) is -2.08. The summed E-state index contributed by atoms with van der Waals surface area (Å²) in [4.78, 5) is 24.3. The van der Waals surface area contributed by atoms with Crippen molar-refractivity contribution in [2.45, 2.75) is 0 Å². The number of amides is 1. The van der Waals surface area contributed by atoms with Gasteiger partial charge in [0.15, 0.2) is 11.3 Å². The van der Waals surface area contributed by atoms with Gasteiger partial charge >= 0.3 is 5.69 Å². The Hall–Kier alpha value is -4.79. The standard InChI is InChI=1S/C22H21N5O7/c1-25(7-8-34-18-6-4-5-16-15(18)12-24-26(16)2)22(30)14(11-23)20(28)13-9-17(27(31)32)21(29)19(10-13)33-3/h4-6,9-10,12,28-29H,7-8H2,1-3H3/b20-14-. The number of nitro groups is 1. The van der Waals surface area contributed by atoms with Crippen molar-refractivity contribution in [3.63, 3.8) is 0 Å². The van der Waals surface area contributed by atoms with Crippen molar-refractivity contribution < 1.29 is 29.4 Å². The molecule has 0 saturated heterocycles. The van der Waals surface area contributed by atoms with E-state index in [4.69, 9.17) is 9.47 Å². The Morgan fingerprint density at radius 2 is 2.09 bits per heavy atom. The Morgan fingerprint density at radius 1 is 1.35 bits per heavy atom. The van der Waals surface area contributed by atoms with Gasteiger partial charge in [-0.15, -0.1) is 0 Å². The van der Waals surface area contributed by atoms with Crippen LogP contribution >= 0.6 is 0 Å². The van der Waals surface area contributed by atoms with Crippen LogP contribution in [0.15, 0.2) is 42.1 Å². The Labute approximate surface area is 193 Å². The molecule has 0 atom stereocenters. The van der Waals surface area contributed by atoms with Crippen molar-refractivity contribution in [3.05, 3.63) is 57.8 Å². The van der Waals surface area contributed by atoms with Crippen LogP contribution in [0.5, 0.6) is 17.2 Å². The first-order chi connectivity index (χ1) is 16.2. The number of fused-ring (bicyclic) bond motifs is 1. The summed E-state index contributed by atoms with van der Waals surface area (Å²) in [6, 6.07) is 9.03. The van der Waals surface area contributed by atoms with Crippen molar-refractivity contribution in [1.29, 1.82) is 5.26 Å². The normalized spacial score (nSPS) is 11.5. The Morgan fingerprint density at radius 3 is 2.74 bits per heavy atom. The highest BCUT2D eigenvalue weighted by atomic mass is 16.6. The van der Waals surface area contributed by atoms with Crippen LogP contribution in [0.1, 0.15) is 5.56 Å². The fourth-order valence-electron chi connectivity index (χ4n) is 3.23. The maximum atomic E-state index is 12.8. The maximum absolute atomic E-state index is 12.8. The van der Waals surface area contributed by atoms with Crippen molar-refractivity contribution in [1.82, 2.24) is 14.7 Å². The van der Waals surface area contributed by atoms with Crippen LogP contribution in [0.3, 0.4) is 0 Å². The number of aromatic nitrogens is 2. The number of carbonyl (C=O) groups is 1. The highest BCUT2D eigenvalue weighted by Crippen LogP contribution is 2.38. The number of nitriles is 1. The highest BCUT2D eigenvalue weighted by molar-refractivity contribution is 6.03. The van der Waals surface area contributed by atoms with Crippen LogP contribution in [0.4, 0.5) is 5.69 Å². The van der Waals surface area contributed by atoms with Crippen LogP contribution in [0.25, 0.3) is 16.7 Å². The number of hydrogen-bond donors (Lipinski definition) is 2. The van der Waals surface area contributed by atoms with Crippen molar-refractivity contribution in [2.24, 2.45) is 7.05 Å². The van der Waals surface area contributed by atoms with Crippen molar-refractivity contribution in [2.75, 3.05) is 27.3 Å². The van der Waals surface area contributed by atoms with Gasteiger partial charge in [-0.1, -0.05) is 6.07 Å². The SMILES string of the molecule is COc1cc(/C(O)=C(\C#N)C(=O)N(C)CCOc2cccc3c2cnn3C)cc([N+](=O)[O-])c1O. The lowest BCUT2D eigenvalue weighted by atomic mass is 10.1. The van der Waals surface area contributed by atoms with Gasteiger partial charge < -0.3 is 24.6 Å². The summed E-state index contributed by atoms with van der Waals surface area (Å²) in [7, 11) is 4.39. The first kappa shape index (κ1) is 23.9. The third-order valence-electron chi connectivity index (χ3n) is 5.09. The fraction of sp³-hybridized carbons (Fsp3) is 0.227. The molecule has 0 aliphatic heterocycles. The van der Waals surface area contributed by atoms with Crippen molar-refractivity contribution >= 4 is 28.3 Å². The first-order valence-corrected chi connectivity index (χ1v) is 9.87. The summed E-state index contributed by atoms with van der Waals surface area (Å²) < 4.78 is 12.4. The molecule has 1 amide bonds. The molecule has 1 heterocycles. The second-order valence-corrected chi connectivity index (χ2v) is 7.17. The van der Waals surface area contributed by atoms with E-state index in [1.54, 1.807) is 30.1 Å². The number of nitro benzene ring substituents is 1. The highest BCUT2D eigenvalue weighted by Gasteiger charge is 2.25. The number of ether oxygens (including phenoxy) is 2. The second kappa shape index (κ2) is 9.78. The molecule has 0 bridgehead atoms. The van der Waals surface area contributed by atoms with E-state index in [0.29, 0.717) is 5.75 Å². The molecule has 0 fully saturated rings. The summed E-state index contributed by atoms with van der Waals surface area (Å²) in [5, 5.41) is 46.1. The molecule has 12 heteroatoms. The predicted octanol–water partition coefficient (Wildman–Crippen LogP) is 2.53. The van der Waals surface area contributed by atoms with E-state index in [2.05, 4.69) is 5.10 Å². The molecule has 1 aromatic heterocycles. The number of nitrogens with zero attached hydrogens (tertiary/aromatic N) is 5. The third kappa shape index (κ3) is 4.53. The minimum atomic E-state index is -0.880. The quantitative estimate of drug-likeness (QED) is 0.166. The zero-order chi connectivity index (χ0) is 25.0. The molecule has 0 unspecified atom stereocenters. The van der Waals surface area contributed by atoms with E-state index in [1.165, 1.54) is 19.1 Å². The minimum Gasteiger partial charge on any atom is -0.506 e. The number of hydrogen-bond acceptors (Lipinski definition) is 9. The number of aliphatic hydroxyl groups is 1. The molecule has 0 spiro atoms. The minimum absolute atomic E-state index is 0.0764. The number of phenolic OH excluding ortho intramolecular Hbond substituents is 1. The molecule has 3 aromatic rings. The molecule has 176 valence electrons. The van der Waals surface area contributed by atoms with Crippen LogP contribution < -0.4 is 9.47 Å². The molecule has 2 N–H and O–H groups in total. The number of rotatable bonds is 8. The maximum Gasteiger partial charge on any atom is 0.315 e. The van der Waals surface area contributed by atoms with Gasteiger partial charge in [0, 0.05) is 25.7 Å². The number of aromatic hydroxyl groups is 1. The molecule has 2 aromatic carbocycles. The van der Waals surface area contributed by atoms with Gasteiger partial charge in [0.2, 0.25) is 5.75 Å². The van der Waals surface area contributed by atoms with E-state index in [-0.39, 0.29) is 24.5 Å². The largest absolute Gasteiger partial charge is 0.506 e. The summed E-state index contributed by atoms with van der Waals surface area (Å²) in [6.07, 6.45) is 1.67. The average molecular weight is 467 g/mol. The van der Waals surface area contributed by atoms with E-state index in [1.807, 2.05) is 12.1 Å². The Bertz CT molecular complexity index is 1340. The molecule has 0 saturated carbocycles. The molecule has 3 rings (SSSR count). The molecular weight excluding hydrogens is 446 g/mol. The zero-order valence-corrected chi connectivity index (χ0v) is 18.6. The number of carbonyl (C=O) groups excluding carboxylic acids is 1. The van der Waals surface area contributed by atoms with Crippen LogP contribution in [-0.4, -0.2) is 63.0 Å². The first-order valence-electron chi connectivity index (χ1n) is 9.87. The second-order valence-electron chi connectivity index (χ2n) is 7.17. The zero-order valence-electron chi connectivity index (χ0n) is 18.6. The number of aliphatic hydroxyl groups excluding tert-OH is 1. The third-order valence-corrected chi connectivity index (χ3v) is 5.09. The lowest BCUT2D eigenvalue weighted by Gasteiger charge is -2.18. The lowest BCUT2D eigenvalue weighted by molar-refractivity contribution is -0.386. The summed E-state index contributed by atoms with van der Waals surface area (Å²) >= 11 is 0. The van der Waals surface area contributed by atoms with Gasteiger partial charge in [-0.05, 0) is 18.2 Å². The van der Waals surface area contributed by atoms with E-state index in [9.17, 15) is 30.4 Å². The van der Waals surface area contributed by atoms with Crippen LogP contribution in [-0.2, 0) is 11.8 Å². The van der Waals surface area contributed by atoms with Gasteiger partial charge in [0.25, 0.3) is 5.91 Å². The van der Waals surface area contributed by atoms with Crippen LogP contribution in [0.2, 0.25) is 0 Å². The fourth-order valence-corrected chi connectivity index (χ4v) is 3.23. The molecule has 0 aliphatic rings. The monoisotopic (exact) mass is 467 g/mol. The van der Waals surface area contributed by atoms with Crippen molar-refractivity contribution in [3.8, 4) is 23.3 Å². The van der Waals surface area contributed by atoms with Crippen LogP contribution in [0, 0.1) is 21.4 Å². The number of benzene rings is 2. The van der Waals surface area contributed by atoms with E-state index < -0.39 is 33.6 Å². The predicted molar refractivity (Wildman–Crippen MR) is 120 cm³/mol. The van der Waals surface area contributed by atoms with Gasteiger partial charge in [-0.3, -0.25) is 19.6 Å². The van der Waals surface area contributed by atoms with E-state index in [0.717, 1.165) is 23.0 Å². The average Bonchev–Trinajstić information content (AvgIpc) is 3.20. The smallest absolute Gasteiger partial charge is 0.315 e. The summed E-state index contributed by atoms with van der Waals surface area (Å²) in [5.41, 5.74) is -0.755. The number of likely N-dealkylation sites (N-methyl/N-ethyl adjacent to an activating group) is 1. The summed E-state index contributed by atoms with van der Waals surface area (Å²) in [6.45, 7) is 0.168. The van der Waals surface area contributed by atoms with Gasteiger partial charge in [-0.25, -0.2) is 0 Å². The Balaban J connectivity index is 1.79. The number of methoxy groups -OCH3 is 1. The van der Waals surface area contributed by atoms with Gasteiger partial charge in [-0.2, -0.15) is 10.4 Å². The number of phenols is 1. The molecule has 0 radical (unpaired) electrons. The van der Waals surface area contributed by atoms with Gasteiger partial charge in [0.05, 0.1) is 35.7 Å². The topological polar surface area (TPSA) is 164 Å². The van der Waals surface area contributed by atoms with Gasteiger partial charge in [0.1, 0.15) is 24.2 Å². The molecule has 34 heavy (non-hydrogen) atoms. The lowest BCUT2D eigenvalue weighted by Crippen LogP contribution is -2.32. The number of aryl methyl sites for hydroxylation is 1.